The zero-order valence-corrected chi connectivity index (χ0v) is 4.68. The van der Waals surface area contributed by atoms with Crippen LogP contribution in [0, 0.1) is 6.92 Å². The number of aromatic amines is 1. The van der Waals surface area contributed by atoms with E-state index in [0.717, 1.165) is 5.69 Å². The maximum absolute atomic E-state index is 5.29. The normalized spacial score (nSPS) is 9.12. The van der Waals surface area contributed by atoms with Crippen LogP contribution in [0.5, 0.6) is 0 Å². The van der Waals surface area contributed by atoms with E-state index in [4.69, 9.17) is 5.73 Å². The van der Waals surface area contributed by atoms with Gasteiger partial charge >= 0.3 is 5.95 Å². The van der Waals surface area contributed by atoms with E-state index < -0.39 is 0 Å². The van der Waals surface area contributed by atoms with Gasteiger partial charge in [-0.3, -0.25) is 5.73 Å². The minimum absolute atomic E-state index is 0.463. The van der Waals surface area contributed by atoms with Crippen molar-refractivity contribution in [3.05, 3.63) is 18.0 Å². The predicted molar refractivity (Wildman–Crippen MR) is 29.9 cm³/mol. The molecule has 3 heteroatoms. The second-order valence-corrected chi connectivity index (χ2v) is 1.62. The van der Waals surface area contributed by atoms with Crippen molar-refractivity contribution < 1.29 is 4.98 Å². The molecule has 1 rings (SSSR count). The molecule has 0 atom stereocenters. The van der Waals surface area contributed by atoms with Gasteiger partial charge in [0.1, 0.15) is 5.69 Å². The smallest absolute Gasteiger partial charge is 0.287 e. The molecule has 0 saturated carbocycles. The van der Waals surface area contributed by atoms with Crippen molar-refractivity contribution in [2.24, 2.45) is 0 Å². The Bertz CT molecular complexity index is 168. The summed E-state index contributed by atoms with van der Waals surface area (Å²) < 4.78 is 0. The molecule has 0 saturated heterocycles. The Morgan fingerprint density at radius 3 is 2.88 bits per heavy atom. The summed E-state index contributed by atoms with van der Waals surface area (Å²) in [7, 11) is 0. The molecule has 0 spiro atoms. The van der Waals surface area contributed by atoms with Gasteiger partial charge in [0.15, 0.2) is 0 Å². The van der Waals surface area contributed by atoms with E-state index in [9.17, 15) is 0 Å². The highest BCUT2D eigenvalue weighted by atomic mass is 15.0. The van der Waals surface area contributed by atoms with Crippen LogP contribution in [-0.4, -0.2) is 4.98 Å². The quantitative estimate of drug-likeness (QED) is 0.502. The molecule has 0 bridgehead atoms. The number of nitrogens with two attached hydrogens (primary N) is 1. The molecule has 0 aromatic carbocycles. The van der Waals surface area contributed by atoms with E-state index in [-0.39, 0.29) is 0 Å². The monoisotopic (exact) mass is 110 g/mol. The minimum atomic E-state index is 0.463. The van der Waals surface area contributed by atoms with Crippen LogP contribution >= 0.6 is 0 Å². The summed E-state index contributed by atoms with van der Waals surface area (Å²) in [5.74, 6) is 0.463. The molecular formula is C5H8N3+. The predicted octanol–water partition coefficient (Wildman–Crippen LogP) is -0.214. The lowest BCUT2D eigenvalue weighted by molar-refractivity contribution is -0.364. The molecular weight excluding hydrogens is 102 g/mol. The molecule has 0 radical (unpaired) electrons. The van der Waals surface area contributed by atoms with Crippen LogP contribution < -0.4 is 10.7 Å². The molecule has 0 fully saturated rings. The van der Waals surface area contributed by atoms with Crippen LogP contribution in [0.4, 0.5) is 5.95 Å². The first-order valence-electron chi connectivity index (χ1n) is 2.40. The van der Waals surface area contributed by atoms with Gasteiger partial charge in [0, 0.05) is 6.07 Å². The first-order valence-corrected chi connectivity index (χ1v) is 2.40. The molecule has 1 aromatic rings. The molecule has 3 N–H and O–H groups in total. The summed E-state index contributed by atoms with van der Waals surface area (Å²) in [5, 5.41) is 0. The highest BCUT2D eigenvalue weighted by molar-refractivity contribution is 5.07. The highest BCUT2D eigenvalue weighted by Gasteiger charge is 1.92. The van der Waals surface area contributed by atoms with Crippen molar-refractivity contribution in [2.75, 3.05) is 5.73 Å². The third-order valence-corrected chi connectivity index (χ3v) is 0.853. The molecule has 0 aliphatic rings. The van der Waals surface area contributed by atoms with Gasteiger partial charge in [-0.05, 0) is 6.92 Å². The first kappa shape index (κ1) is 5.03. The van der Waals surface area contributed by atoms with Gasteiger partial charge in [-0.15, -0.1) is 0 Å². The average Bonchev–Trinajstić information content (AvgIpc) is 1.64. The Balaban J connectivity index is 3.08. The number of nitrogens with one attached hydrogen (secondary N) is 1. The lowest BCUT2D eigenvalue weighted by Gasteiger charge is -1.81. The molecule has 3 nitrogen and oxygen atoms in total. The van der Waals surface area contributed by atoms with Crippen molar-refractivity contribution >= 4 is 5.95 Å². The van der Waals surface area contributed by atoms with Crippen LogP contribution in [0.2, 0.25) is 0 Å². The zero-order chi connectivity index (χ0) is 5.98. The summed E-state index contributed by atoms with van der Waals surface area (Å²) in [6.45, 7) is 1.89. The fourth-order valence-corrected chi connectivity index (χ4v) is 0.507. The van der Waals surface area contributed by atoms with Crippen molar-refractivity contribution in [1.29, 1.82) is 0 Å². The van der Waals surface area contributed by atoms with E-state index in [1.54, 1.807) is 6.20 Å². The first-order chi connectivity index (χ1) is 3.79. The van der Waals surface area contributed by atoms with Crippen molar-refractivity contribution in [1.82, 2.24) is 4.98 Å². The van der Waals surface area contributed by atoms with Crippen molar-refractivity contribution in [3.63, 3.8) is 0 Å². The van der Waals surface area contributed by atoms with Gasteiger partial charge < -0.3 is 0 Å². The number of rotatable bonds is 0. The fourth-order valence-electron chi connectivity index (χ4n) is 0.507. The molecule has 0 aliphatic heterocycles. The van der Waals surface area contributed by atoms with E-state index in [1.807, 2.05) is 13.0 Å². The summed E-state index contributed by atoms with van der Waals surface area (Å²) in [6, 6.07) is 1.86. The van der Waals surface area contributed by atoms with Gasteiger partial charge in [0.2, 0.25) is 0 Å². The highest BCUT2D eigenvalue weighted by Crippen LogP contribution is 1.86. The van der Waals surface area contributed by atoms with Crippen molar-refractivity contribution in [3.8, 4) is 0 Å². The Morgan fingerprint density at radius 1 is 1.75 bits per heavy atom. The summed E-state index contributed by atoms with van der Waals surface area (Å²) >= 11 is 0. The number of anilines is 1. The summed E-state index contributed by atoms with van der Waals surface area (Å²) in [5.41, 5.74) is 6.22. The Morgan fingerprint density at radius 2 is 2.50 bits per heavy atom. The van der Waals surface area contributed by atoms with Crippen LogP contribution in [0.15, 0.2) is 12.3 Å². The second-order valence-electron chi connectivity index (χ2n) is 1.62. The van der Waals surface area contributed by atoms with Gasteiger partial charge in [-0.25, -0.2) is 4.98 Å². The number of hydrogen-bond acceptors (Lipinski definition) is 2. The maximum Gasteiger partial charge on any atom is 0.387 e. The number of aromatic nitrogens is 2. The van der Waals surface area contributed by atoms with Crippen molar-refractivity contribution in [2.45, 2.75) is 6.92 Å². The topological polar surface area (TPSA) is 53.0 Å². The molecule has 1 heterocycles. The van der Waals surface area contributed by atoms with Crippen LogP contribution in [-0.2, 0) is 0 Å². The SMILES string of the molecule is Cc1cc[nH+]c(N)n1. The zero-order valence-electron chi connectivity index (χ0n) is 4.68. The molecule has 0 unspecified atom stereocenters. The fraction of sp³-hybridized carbons (Fsp3) is 0.200. The number of nitrogens with zero attached hydrogens (tertiary/aromatic N) is 1. The standard InChI is InChI=1S/C5H7N3/c1-4-2-3-7-5(6)8-4/h2-3H,1H3,(H2,6,7,8)/p+1. The van der Waals surface area contributed by atoms with E-state index in [0.29, 0.717) is 5.95 Å². The van der Waals surface area contributed by atoms with E-state index in [1.165, 1.54) is 0 Å². The molecule has 0 aliphatic carbocycles. The van der Waals surface area contributed by atoms with Crippen LogP contribution in [0.25, 0.3) is 0 Å². The minimum Gasteiger partial charge on any atom is -0.287 e. The van der Waals surface area contributed by atoms with Gasteiger partial charge in [-0.2, -0.15) is 0 Å². The van der Waals surface area contributed by atoms with Gasteiger partial charge in [0.25, 0.3) is 0 Å². The Kier molecular flexibility index (Phi) is 1.12. The van der Waals surface area contributed by atoms with E-state index >= 15 is 0 Å². The maximum atomic E-state index is 5.29. The van der Waals surface area contributed by atoms with Gasteiger partial charge in [-0.1, -0.05) is 4.98 Å². The number of aryl methyl sites for hydroxylation is 1. The average molecular weight is 110 g/mol. The lowest BCUT2D eigenvalue weighted by Crippen LogP contribution is -2.11. The Hall–Kier alpha value is -1.12. The molecule has 0 amide bonds. The van der Waals surface area contributed by atoms with Crippen LogP contribution in [0.1, 0.15) is 5.69 Å². The molecule has 42 valence electrons. The van der Waals surface area contributed by atoms with Crippen LogP contribution in [0.3, 0.4) is 0 Å². The summed E-state index contributed by atoms with van der Waals surface area (Å²) in [4.78, 5) is 6.63. The third kappa shape index (κ3) is 0.932. The third-order valence-electron chi connectivity index (χ3n) is 0.853. The number of hydrogen-bond donors (Lipinski definition) is 1. The Labute approximate surface area is 47.6 Å². The molecule has 1 aromatic heterocycles. The molecule has 8 heavy (non-hydrogen) atoms. The lowest BCUT2D eigenvalue weighted by atomic mass is 10.5. The number of nitrogen functional groups attached to an aromatic ring is 1. The van der Waals surface area contributed by atoms with E-state index in [2.05, 4.69) is 9.97 Å². The summed E-state index contributed by atoms with van der Waals surface area (Å²) in [6.07, 6.45) is 1.76. The second kappa shape index (κ2) is 1.78. The van der Waals surface area contributed by atoms with Gasteiger partial charge in [0.05, 0.1) is 6.20 Å². The number of H-pyrrole nitrogens is 1. The largest absolute Gasteiger partial charge is 0.387 e.